The van der Waals surface area contributed by atoms with E-state index in [9.17, 15) is 18.0 Å². The van der Waals surface area contributed by atoms with Crippen molar-refractivity contribution >= 4 is 50.7 Å². The highest BCUT2D eigenvalue weighted by atomic mass is 35.5. The van der Waals surface area contributed by atoms with Crippen LogP contribution in [0.3, 0.4) is 0 Å². The third-order valence-electron chi connectivity index (χ3n) is 6.46. The van der Waals surface area contributed by atoms with Gasteiger partial charge in [0, 0.05) is 22.6 Å². The van der Waals surface area contributed by atoms with Gasteiger partial charge in [0.15, 0.2) is 0 Å². The lowest BCUT2D eigenvalue weighted by molar-refractivity contribution is -0.139. The lowest BCUT2D eigenvalue weighted by Gasteiger charge is -2.32. The maximum absolute atomic E-state index is 13.9. The second-order valence-electron chi connectivity index (χ2n) is 9.40. The van der Waals surface area contributed by atoms with Gasteiger partial charge in [-0.15, -0.1) is 0 Å². The number of rotatable bonds is 11. The summed E-state index contributed by atoms with van der Waals surface area (Å²) in [6.07, 6.45) is 0.720. The van der Waals surface area contributed by atoms with Gasteiger partial charge in [0.2, 0.25) is 11.8 Å². The van der Waals surface area contributed by atoms with Gasteiger partial charge in [0.25, 0.3) is 10.0 Å². The molecule has 0 aromatic heterocycles. The SMILES string of the molecule is CC[C@@H](C)NC(=O)[C@@H](C)N(Cc1cccc(Cl)c1)C(=O)CN(c1ccc(C)c(Cl)c1)S(=O)(=O)c1ccccc1. The van der Waals surface area contributed by atoms with Gasteiger partial charge in [-0.25, -0.2) is 8.42 Å². The first-order chi connectivity index (χ1) is 18.4. The van der Waals surface area contributed by atoms with Crippen molar-refractivity contribution in [2.24, 2.45) is 0 Å². The Hall–Kier alpha value is -3.07. The number of benzene rings is 3. The Balaban J connectivity index is 2.04. The van der Waals surface area contributed by atoms with Crippen molar-refractivity contribution in [2.45, 2.75) is 57.6 Å². The molecule has 0 fully saturated rings. The number of nitrogens with zero attached hydrogens (tertiary/aromatic N) is 2. The Morgan fingerprint density at radius 2 is 1.64 bits per heavy atom. The molecule has 0 unspecified atom stereocenters. The van der Waals surface area contributed by atoms with Gasteiger partial charge >= 0.3 is 0 Å². The largest absolute Gasteiger partial charge is 0.352 e. The first-order valence-corrected chi connectivity index (χ1v) is 14.8. The second-order valence-corrected chi connectivity index (χ2v) is 12.1. The lowest BCUT2D eigenvalue weighted by atomic mass is 10.1. The van der Waals surface area contributed by atoms with Crippen molar-refractivity contribution in [2.75, 3.05) is 10.8 Å². The molecule has 3 rings (SSSR count). The monoisotopic (exact) mass is 589 g/mol. The van der Waals surface area contributed by atoms with Crippen molar-refractivity contribution in [1.29, 1.82) is 0 Å². The quantitative estimate of drug-likeness (QED) is 0.305. The van der Waals surface area contributed by atoms with Crippen LogP contribution >= 0.6 is 23.2 Å². The average Bonchev–Trinajstić information content (AvgIpc) is 2.91. The molecule has 0 aliphatic rings. The maximum atomic E-state index is 13.9. The van der Waals surface area contributed by atoms with E-state index in [1.807, 2.05) is 13.8 Å². The fourth-order valence-electron chi connectivity index (χ4n) is 3.87. The average molecular weight is 591 g/mol. The Kier molecular flexibility index (Phi) is 10.4. The van der Waals surface area contributed by atoms with Crippen LogP contribution in [-0.2, 0) is 26.2 Å². The first-order valence-electron chi connectivity index (χ1n) is 12.6. The molecule has 208 valence electrons. The van der Waals surface area contributed by atoms with Crippen LogP contribution in [0.25, 0.3) is 0 Å². The van der Waals surface area contributed by atoms with Gasteiger partial charge in [-0.3, -0.25) is 13.9 Å². The number of hydrogen-bond donors (Lipinski definition) is 1. The smallest absolute Gasteiger partial charge is 0.264 e. The van der Waals surface area contributed by atoms with Crippen LogP contribution < -0.4 is 9.62 Å². The summed E-state index contributed by atoms with van der Waals surface area (Å²) in [5.41, 5.74) is 1.71. The fraction of sp³-hybridized carbons (Fsp3) is 0.310. The van der Waals surface area contributed by atoms with Crippen molar-refractivity contribution in [3.05, 3.63) is 94.0 Å². The summed E-state index contributed by atoms with van der Waals surface area (Å²) < 4.78 is 28.6. The Morgan fingerprint density at radius 1 is 0.949 bits per heavy atom. The Bertz CT molecular complexity index is 1420. The summed E-state index contributed by atoms with van der Waals surface area (Å²) in [6.45, 7) is 6.77. The lowest BCUT2D eigenvalue weighted by Crippen LogP contribution is -2.52. The van der Waals surface area contributed by atoms with Gasteiger partial charge < -0.3 is 10.2 Å². The van der Waals surface area contributed by atoms with Crippen molar-refractivity contribution in [1.82, 2.24) is 10.2 Å². The predicted molar refractivity (Wildman–Crippen MR) is 157 cm³/mol. The van der Waals surface area contributed by atoms with E-state index in [1.165, 1.54) is 23.1 Å². The van der Waals surface area contributed by atoms with Crippen molar-refractivity contribution in [3.63, 3.8) is 0 Å². The summed E-state index contributed by atoms with van der Waals surface area (Å²) in [5, 5.41) is 3.76. The molecule has 0 spiro atoms. The number of hydrogen-bond acceptors (Lipinski definition) is 4. The summed E-state index contributed by atoms with van der Waals surface area (Å²) in [6, 6.07) is 18.7. The van der Waals surface area contributed by atoms with Gasteiger partial charge in [-0.05, 0) is 74.7 Å². The number of aryl methyl sites for hydroxylation is 1. The van der Waals surface area contributed by atoms with Crippen LogP contribution in [0.2, 0.25) is 10.0 Å². The maximum Gasteiger partial charge on any atom is 0.264 e. The molecule has 0 aliphatic carbocycles. The number of carbonyl (C=O) groups excluding carboxylic acids is 2. The molecule has 2 atom stereocenters. The Labute approximate surface area is 240 Å². The molecule has 0 heterocycles. The van der Waals surface area contributed by atoms with E-state index < -0.39 is 28.5 Å². The minimum absolute atomic E-state index is 0.0263. The van der Waals surface area contributed by atoms with E-state index in [4.69, 9.17) is 23.2 Å². The van der Waals surface area contributed by atoms with E-state index >= 15 is 0 Å². The number of carbonyl (C=O) groups is 2. The molecular weight excluding hydrogens is 557 g/mol. The molecule has 1 N–H and O–H groups in total. The summed E-state index contributed by atoms with van der Waals surface area (Å²) in [7, 11) is -4.16. The van der Waals surface area contributed by atoms with Crippen LogP contribution in [0, 0.1) is 6.92 Å². The minimum Gasteiger partial charge on any atom is -0.352 e. The van der Waals surface area contributed by atoms with Crippen LogP contribution in [0.4, 0.5) is 5.69 Å². The molecule has 0 aliphatic heterocycles. The van der Waals surface area contributed by atoms with Crippen LogP contribution in [0.15, 0.2) is 77.7 Å². The third-order valence-corrected chi connectivity index (χ3v) is 8.89. The first kappa shape index (κ1) is 30.5. The molecular formula is C29H33Cl2N3O4S. The molecule has 0 radical (unpaired) electrons. The molecule has 10 heteroatoms. The number of sulfonamides is 1. The van der Waals surface area contributed by atoms with Gasteiger partial charge in [-0.1, -0.05) is 66.5 Å². The predicted octanol–water partition coefficient (Wildman–Crippen LogP) is 5.83. The number of amides is 2. The van der Waals surface area contributed by atoms with E-state index in [0.29, 0.717) is 15.6 Å². The molecule has 39 heavy (non-hydrogen) atoms. The number of halogens is 2. The molecule has 3 aromatic rings. The fourth-order valence-corrected chi connectivity index (χ4v) is 5.68. The number of nitrogens with one attached hydrogen (secondary N) is 1. The topological polar surface area (TPSA) is 86.8 Å². The molecule has 0 bridgehead atoms. The zero-order valence-electron chi connectivity index (χ0n) is 22.4. The Morgan fingerprint density at radius 3 is 2.26 bits per heavy atom. The zero-order valence-corrected chi connectivity index (χ0v) is 24.7. The second kappa shape index (κ2) is 13.3. The molecule has 3 aromatic carbocycles. The van der Waals surface area contributed by atoms with E-state index in [2.05, 4.69) is 5.32 Å². The highest BCUT2D eigenvalue weighted by molar-refractivity contribution is 7.92. The van der Waals surface area contributed by atoms with Crippen LogP contribution in [0.5, 0.6) is 0 Å². The van der Waals surface area contributed by atoms with Gasteiger partial charge in [0.1, 0.15) is 12.6 Å². The standard InChI is InChI=1S/C29H33Cl2N3O4S/c1-5-21(3)32-29(36)22(4)33(18-23-10-9-11-24(30)16-23)28(35)19-34(25-15-14-20(2)27(31)17-25)39(37,38)26-12-7-6-8-13-26/h6-17,21-22H,5,18-19H2,1-4H3,(H,32,36)/t21-,22-/m1/s1. The van der Waals surface area contributed by atoms with E-state index in [-0.39, 0.29) is 29.1 Å². The van der Waals surface area contributed by atoms with Crippen molar-refractivity contribution in [3.8, 4) is 0 Å². The van der Waals surface area contributed by atoms with E-state index in [0.717, 1.165) is 16.3 Å². The van der Waals surface area contributed by atoms with Crippen LogP contribution in [-0.4, -0.2) is 43.8 Å². The highest BCUT2D eigenvalue weighted by Gasteiger charge is 2.33. The molecule has 2 amide bonds. The molecule has 0 saturated heterocycles. The number of anilines is 1. The van der Waals surface area contributed by atoms with Gasteiger partial charge in [-0.2, -0.15) is 0 Å². The molecule has 7 nitrogen and oxygen atoms in total. The summed E-state index contributed by atoms with van der Waals surface area (Å²) in [5.74, 6) is -0.895. The third kappa shape index (κ3) is 7.75. The minimum atomic E-state index is -4.16. The summed E-state index contributed by atoms with van der Waals surface area (Å²) >= 11 is 12.5. The van der Waals surface area contributed by atoms with Gasteiger partial charge in [0.05, 0.1) is 10.6 Å². The zero-order chi connectivity index (χ0) is 28.7. The summed E-state index contributed by atoms with van der Waals surface area (Å²) in [4.78, 5) is 28.4. The molecule has 0 saturated carbocycles. The van der Waals surface area contributed by atoms with E-state index in [1.54, 1.807) is 68.4 Å². The van der Waals surface area contributed by atoms with Crippen LogP contribution in [0.1, 0.15) is 38.3 Å². The highest BCUT2D eigenvalue weighted by Crippen LogP contribution is 2.28. The van der Waals surface area contributed by atoms with Crippen molar-refractivity contribution < 1.29 is 18.0 Å². The normalized spacial score (nSPS) is 12.9.